The molecular formula is C22H26ClN5O3. The number of halogens is 1. The van der Waals surface area contributed by atoms with Crippen molar-refractivity contribution >= 4 is 29.4 Å². The Morgan fingerprint density at radius 2 is 2.13 bits per heavy atom. The Balaban J connectivity index is 1.54. The number of ether oxygens (including phenoxy) is 1. The topological polar surface area (TPSA) is 87.7 Å². The van der Waals surface area contributed by atoms with Crippen molar-refractivity contribution in [1.29, 1.82) is 0 Å². The first-order valence-electron chi connectivity index (χ1n) is 10.5. The lowest BCUT2D eigenvalue weighted by molar-refractivity contribution is -0.130. The second-order valence-corrected chi connectivity index (χ2v) is 8.27. The van der Waals surface area contributed by atoms with Crippen LogP contribution in [0.1, 0.15) is 35.7 Å². The van der Waals surface area contributed by atoms with E-state index in [0.717, 1.165) is 37.2 Å². The summed E-state index contributed by atoms with van der Waals surface area (Å²) < 4.78 is 5.39. The lowest BCUT2D eigenvalue weighted by Crippen LogP contribution is -2.38. The van der Waals surface area contributed by atoms with Gasteiger partial charge in [-0.3, -0.25) is 9.59 Å². The van der Waals surface area contributed by atoms with Crippen molar-refractivity contribution in [3.8, 4) is 11.3 Å². The average molecular weight is 444 g/mol. The third-order valence-corrected chi connectivity index (χ3v) is 6.06. The van der Waals surface area contributed by atoms with E-state index in [0.29, 0.717) is 35.3 Å². The van der Waals surface area contributed by atoms with E-state index in [2.05, 4.69) is 15.3 Å². The van der Waals surface area contributed by atoms with Crippen LogP contribution in [-0.2, 0) is 16.1 Å². The number of nitrogens with zero attached hydrogens (tertiary/aromatic N) is 4. The third-order valence-electron chi connectivity index (χ3n) is 5.79. The first-order valence-corrected chi connectivity index (χ1v) is 10.9. The summed E-state index contributed by atoms with van der Waals surface area (Å²) in [4.78, 5) is 37.2. The smallest absolute Gasteiger partial charge is 0.254 e. The van der Waals surface area contributed by atoms with Crippen LogP contribution in [0.5, 0.6) is 0 Å². The van der Waals surface area contributed by atoms with Crippen molar-refractivity contribution in [2.24, 2.45) is 0 Å². The Morgan fingerprint density at radius 1 is 1.35 bits per heavy atom. The third kappa shape index (κ3) is 4.65. The molecule has 1 aromatic heterocycles. The molecule has 0 saturated carbocycles. The number of nitrogens with one attached hydrogen (secondary N) is 1. The van der Waals surface area contributed by atoms with Crippen molar-refractivity contribution in [2.45, 2.75) is 32.4 Å². The monoisotopic (exact) mass is 443 g/mol. The summed E-state index contributed by atoms with van der Waals surface area (Å²) in [5.41, 5.74) is 2.79. The Morgan fingerprint density at radius 3 is 2.87 bits per heavy atom. The van der Waals surface area contributed by atoms with E-state index in [9.17, 15) is 9.59 Å². The van der Waals surface area contributed by atoms with E-state index in [1.54, 1.807) is 29.1 Å². The van der Waals surface area contributed by atoms with Crippen LogP contribution in [-0.4, -0.2) is 71.0 Å². The Bertz CT molecular complexity index is 993. The van der Waals surface area contributed by atoms with Gasteiger partial charge in [-0.15, -0.1) is 0 Å². The summed E-state index contributed by atoms with van der Waals surface area (Å²) in [6, 6.07) is 5.87. The number of hydrogen-bond donors (Lipinski definition) is 1. The minimum absolute atomic E-state index is 0.0701. The highest BCUT2D eigenvalue weighted by atomic mass is 35.5. The molecule has 2 aromatic rings. The minimum Gasteiger partial charge on any atom is -0.381 e. The fourth-order valence-corrected chi connectivity index (χ4v) is 3.96. The van der Waals surface area contributed by atoms with Gasteiger partial charge in [0, 0.05) is 50.5 Å². The highest BCUT2D eigenvalue weighted by Gasteiger charge is 2.30. The molecule has 0 bridgehead atoms. The van der Waals surface area contributed by atoms with Crippen LogP contribution in [0.3, 0.4) is 0 Å². The molecule has 0 aliphatic carbocycles. The van der Waals surface area contributed by atoms with E-state index < -0.39 is 0 Å². The number of rotatable bonds is 6. The highest BCUT2D eigenvalue weighted by molar-refractivity contribution is 6.33. The van der Waals surface area contributed by atoms with E-state index in [-0.39, 0.29) is 24.4 Å². The summed E-state index contributed by atoms with van der Waals surface area (Å²) >= 11 is 6.39. The maximum Gasteiger partial charge on any atom is 0.254 e. The predicted octanol–water partition coefficient (Wildman–Crippen LogP) is 2.82. The highest BCUT2D eigenvalue weighted by Crippen LogP contribution is 2.31. The Kier molecular flexibility index (Phi) is 6.38. The van der Waals surface area contributed by atoms with Crippen molar-refractivity contribution in [2.75, 3.05) is 38.7 Å². The molecule has 2 amide bonds. The van der Waals surface area contributed by atoms with Gasteiger partial charge in [0.25, 0.3) is 5.91 Å². The summed E-state index contributed by atoms with van der Waals surface area (Å²) in [7, 11) is 1.73. The molecule has 8 nitrogen and oxygen atoms in total. The standard InChI is InChI=1S/C22H26ClN5O3/c1-3-27(2)19(29)13-28-12-15-5-4-14(10-17(15)21(28)30)20-18(23)11-24-22(26-20)25-16-6-8-31-9-7-16/h4-5,10-11,16H,3,6-9,12-13H2,1-2H3,(H,24,25,26). The van der Waals surface area contributed by atoms with Crippen LogP contribution in [0, 0.1) is 0 Å². The van der Waals surface area contributed by atoms with Crippen molar-refractivity contribution < 1.29 is 14.3 Å². The number of carbonyl (C=O) groups excluding carboxylic acids is 2. The number of anilines is 1. The summed E-state index contributed by atoms with van der Waals surface area (Å²) in [6.45, 7) is 4.44. The van der Waals surface area contributed by atoms with E-state index >= 15 is 0 Å². The van der Waals surface area contributed by atoms with Gasteiger partial charge in [0.1, 0.15) is 6.54 Å². The number of fused-ring (bicyclic) bond motifs is 1. The van der Waals surface area contributed by atoms with Crippen LogP contribution in [0.15, 0.2) is 24.4 Å². The molecule has 0 unspecified atom stereocenters. The molecule has 0 spiro atoms. The lowest BCUT2D eigenvalue weighted by Gasteiger charge is -2.23. The quantitative estimate of drug-likeness (QED) is 0.738. The first kappa shape index (κ1) is 21.5. The number of carbonyl (C=O) groups is 2. The molecule has 1 saturated heterocycles. The number of hydrogen-bond acceptors (Lipinski definition) is 6. The van der Waals surface area contributed by atoms with Crippen molar-refractivity contribution in [1.82, 2.24) is 19.8 Å². The zero-order valence-corrected chi connectivity index (χ0v) is 18.5. The van der Waals surface area contributed by atoms with Crippen LogP contribution in [0.25, 0.3) is 11.3 Å². The number of likely N-dealkylation sites (N-methyl/N-ethyl adjacent to an activating group) is 1. The van der Waals surface area contributed by atoms with Crippen LogP contribution in [0.4, 0.5) is 5.95 Å². The summed E-state index contributed by atoms with van der Waals surface area (Å²) in [5, 5.41) is 3.76. The zero-order chi connectivity index (χ0) is 22.0. The summed E-state index contributed by atoms with van der Waals surface area (Å²) in [6.07, 6.45) is 3.37. The SMILES string of the molecule is CCN(C)C(=O)CN1Cc2ccc(-c3nc(NC4CCOCC4)ncc3Cl)cc2C1=O. The molecule has 1 fully saturated rings. The molecule has 1 aromatic carbocycles. The van der Waals surface area contributed by atoms with Gasteiger partial charge in [0.2, 0.25) is 11.9 Å². The molecule has 3 heterocycles. The van der Waals surface area contributed by atoms with Gasteiger partial charge in [-0.2, -0.15) is 0 Å². The second kappa shape index (κ2) is 9.20. The first-order chi connectivity index (χ1) is 15.0. The number of aromatic nitrogens is 2. The number of benzene rings is 1. The fraction of sp³-hybridized carbons (Fsp3) is 0.455. The van der Waals surface area contributed by atoms with Crippen LogP contribution >= 0.6 is 11.6 Å². The normalized spacial score (nSPS) is 16.4. The van der Waals surface area contributed by atoms with E-state index in [1.807, 2.05) is 19.1 Å². The van der Waals surface area contributed by atoms with E-state index in [4.69, 9.17) is 16.3 Å². The molecule has 2 aliphatic rings. The van der Waals surface area contributed by atoms with E-state index in [1.165, 1.54) is 0 Å². The van der Waals surface area contributed by atoms with Gasteiger partial charge in [0.15, 0.2) is 0 Å². The minimum atomic E-state index is -0.152. The van der Waals surface area contributed by atoms with Crippen molar-refractivity contribution in [3.63, 3.8) is 0 Å². The molecule has 164 valence electrons. The maximum atomic E-state index is 12.9. The summed E-state index contributed by atoms with van der Waals surface area (Å²) in [5.74, 6) is 0.278. The molecular weight excluding hydrogens is 418 g/mol. The van der Waals surface area contributed by atoms with Gasteiger partial charge < -0.3 is 19.9 Å². The second-order valence-electron chi connectivity index (χ2n) is 7.86. The maximum absolute atomic E-state index is 12.9. The zero-order valence-electron chi connectivity index (χ0n) is 17.7. The Hall–Kier alpha value is -2.71. The van der Waals surface area contributed by atoms with Gasteiger partial charge in [0.05, 0.1) is 16.9 Å². The largest absolute Gasteiger partial charge is 0.381 e. The average Bonchev–Trinajstić information content (AvgIpc) is 3.09. The molecule has 1 N–H and O–H groups in total. The van der Waals surface area contributed by atoms with Crippen molar-refractivity contribution in [3.05, 3.63) is 40.5 Å². The number of amides is 2. The molecule has 4 rings (SSSR count). The molecule has 9 heteroatoms. The fourth-order valence-electron chi connectivity index (χ4n) is 3.76. The lowest BCUT2D eigenvalue weighted by atomic mass is 10.0. The molecule has 0 radical (unpaired) electrons. The van der Waals surface area contributed by atoms with Gasteiger partial charge in [-0.25, -0.2) is 9.97 Å². The van der Waals surface area contributed by atoms with Crippen LogP contribution in [0.2, 0.25) is 5.02 Å². The molecule has 0 atom stereocenters. The Labute approximate surface area is 186 Å². The van der Waals surface area contributed by atoms with Gasteiger partial charge in [-0.05, 0) is 31.4 Å². The molecule has 31 heavy (non-hydrogen) atoms. The van der Waals surface area contributed by atoms with Gasteiger partial charge in [-0.1, -0.05) is 23.7 Å². The van der Waals surface area contributed by atoms with Gasteiger partial charge >= 0.3 is 0 Å². The predicted molar refractivity (Wildman–Crippen MR) is 118 cm³/mol. The molecule has 2 aliphatic heterocycles. The van der Waals surface area contributed by atoms with Crippen LogP contribution < -0.4 is 5.32 Å².